The molecule has 0 heterocycles. The summed E-state index contributed by atoms with van der Waals surface area (Å²) in [6.45, 7) is 4.77. The van der Waals surface area contributed by atoms with Gasteiger partial charge in [0.1, 0.15) is 0 Å². The summed E-state index contributed by atoms with van der Waals surface area (Å²) in [5.74, 6) is 0. The topological polar surface area (TPSA) is 45.3 Å². The zero-order valence-electron chi connectivity index (χ0n) is 12.3. The fourth-order valence-electron chi connectivity index (χ4n) is 1.90. The van der Waals surface area contributed by atoms with Gasteiger partial charge in [-0.2, -0.15) is 0 Å². The van der Waals surface area contributed by atoms with E-state index in [4.69, 9.17) is 4.84 Å². The number of para-hydroxylation sites is 1. The summed E-state index contributed by atoms with van der Waals surface area (Å²) < 4.78 is 0. The van der Waals surface area contributed by atoms with Crippen LogP contribution in [0.2, 0.25) is 0 Å². The van der Waals surface area contributed by atoms with Crippen molar-refractivity contribution in [2.24, 2.45) is 0 Å². The highest BCUT2D eigenvalue weighted by Crippen LogP contribution is 2.39. The Morgan fingerprint density at radius 1 is 1.16 bits per heavy atom. The lowest BCUT2D eigenvalue weighted by Gasteiger charge is -2.18. The van der Waals surface area contributed by atoms with Gasteiger partial charge in [-0.25, -0.2) is 10.9 Å². The third-order valence-corrected chi connectivity index (χ3v) is 3.15. The molecule has 1 aromatic carbocycles. The van der Waals surface area contributed by atoms with Gasteiger partial charge >= 0.3 is 0 Å². The van der Waals surface area contributed by atoms with Crippen LogP contribution in [-0.4, -0.2) is 19.2 Å². The first-order valence-electron chi connectivity index (χ1n) is 7.21. The van der Waals surface area contributed by atoms with Gasteiger partial charge in [0.05, 0.1) is 6.61 Å². The van der Waals surface area contributed by atoms with Crippen LogP contribution < -0.4 is 16.3 Å². The summed E-state index contributed by atoms with van der Waals surface area (Å²) in [6, 6.07) is 10.2. The zero-order valence-corrected chi connectivity index (χ0v) is 12.3. The minimum Gasteiger partial charge on any atom is -0.321 e. The molecule has 0 amide bonds. The summed E-state index contributed by atoms with van der Waals surface area (Å²) >= 11 is 0. The van der Waals surface area contributed by atoms with Gasteiger partial charge in [-0.3, -0.25) is 0 Å². The maximum Gasteiger partial charge on any atom is 0.0682 e. The fourth-order valence-corrected chi connectivity index (χ4v) is 1.90. The number of nitrogens with one attached hydrogen (secondary N) is 3. The number of hydrogen-bond donors (Lipinski definition) is 3. The molecule has 108 valence electrons. The number of hydrazine groups is 1. The molecule has 19 heavy (non-hydrogen) atoms. The molecule has 3 N–H and O–H groups in total. The second-order valence-corrected chi connectivity index (χ2v) is 4.55. The molecular weight excluding hydrogens is 238 g/mol. The average Bonchev–Trinajstić information content (AvgIpc) is 3.25. The lowest BCUT2D eigenvalue weighted by molar-refractivity contribution is 0.0536. The molecule has 0 saturated heterocycles. The molecule has 2 rings (SSSR count). The third-order valence-electron chi connectivity index (χ3n) is 3.15. The average molecular weight is 265 g/mol. The van der Waals surface area contributed by atoms with Crippen LogP contribution in [0, 0.1) is 0 Å². The van der Waals surface area contributed by atoms with E-state index in [1.807, 2.05) is 32.0 Å². The first kappa shape index (κ1) is 16.0. The normalized spacial score (nSPS) is 15.3. The summed E-state index contributed by atoms with van der Waals surface area (Å²) in [7, 11) is 1.79. The Morgan fingerprint density at radius 2 is 1.84 bits per heavy atom. The van der Waals surface area contributed by atoms with Crippen molar-refractivity contribution in [1.29, 1.82) is 0 Å². The van der Waals surface area contributed by atoms with Crippen LogP contribution in [0.1, 0.15) is 39.5 Å². The first-order valence-corrected chi connectivity index (χ1v) is 7.21. The molecule has 0 radical (unpaired) electrons. The van der Waals surface area contributed by atoms with Crippen LogP contribution >= 0.6 is 0 Å². The highest BCUT2D eigenvalue weighted by molar-refractivity contribution is 5.41. The van der Waals surface area contributed by atoms with Gasteiger partial charge in [0.25, 0.3) is 0 Å². The van der Waals surface area contributed by atoms with Crippen molar-refractivity contribution in [3.8, 4) is 0 Å². The molecule has 1 fully saturated rings. The highest BCUT2D eigenvalue weighted by Gasteiger charge is 2.41. The molecule has 0 aromatic heterocycles. The van der Waals surface area contributed by atoms with Gasteiger partial charge in [-0.15, -0.1) is 0 Å². The summed E-state index contributed by atoms with van der Waals surface area (Å²) in [6.07, 6.45) is 4.71. The van der Waals surface area contributed by atoms with Crippen molar-refractivity contribution >= 4 is 5.69 Å². The van der Waals surface area contributed by atoms with Crippen LogP contribution in [0.5, 0.6) is 0 Å². The van der Waals surface area contributed by atoms with Gasteiger partial charge < -0.3 is 10.3 Å². The maximum absolute atomic E-state index is 5.12. The van der Waals surface area contributed by atoms with Crippen molar-refractivity contribution in [1.82, 2.24) is 10.9 Å². The summed E-state index contributed by atoms with van der Waals surface area (Å²) in [4.78, 5) is 5.12. The van der Waals surface area contributed by atoms with E-state index in [2.05, 4.69) is 28.5 Å². The molecule has 0 bridgehead atoms. The smallest absolute Gasteiger partial charge is 0.0682 e. The van der Waals surface area contributed by atoms with E-state index >= 15 is 0 Å². The van der Waals surface area contributed by atoms with Gasteiger partial charge in [0.2, 0.25) is 0 Å². The molecule has 0 spiro atoms. The second kappa shape index (κ2) is 8.91. The SMILES string of the molecule is CC.CNOCCCC1(NNc2ccccc2)CC1. The van der Waals surface area contributed by atoms with Gasteiger partial charge in [0, 0.05) is 18.3 Å². The quantitative estimate of drug-likeness (QED) is 0.499. The second-order valence-electron chi connectivity index (χ2n) is 4.55. The summed E-state index contributed by atoms with van der Waals surface area (Å²) in [5.41, 5.74) is 10.8. The standard InChI is InChI=1S/C13H21N3O.C2H6/c1-14-17-11-5-8-13(9-10-13)16-15-12-6-3-2-4-7-12;1-2/h2-4,6-7,14-16H,5,8-11H2,1H3;1-2H3. The lowest BCUT2D eigenvalue weighted by Crippen LogP contribution is -2.36. The minimum atomic E-state index is 0.285. The minimum absolute atomic E-state index is 0.285. The molecular formula is C15H27N3O. The number of hydrogen-bond acceptors (Lipinski definition) is 4. The van der Waals surface area contributed by atoms with E-state index < -0.39 is 0 Å². The van der Waals surface area contributed by atoms with E-state index in [9.17, 15) is 0 Å². The van der Waals surface area contributed by atoms with Crippen LogP contribution in [0.15, 0.2) is 30.3 Å². The van der Waals surface area contributed by atoms with E-state index in [1.165, 1.54) is 12.8 Å². The van der Waals surface area contributed by atoms with Crippen LogP contribution in [0.3, 0.4) is 0 Å². The molecule has 0 atom stereocenters. The van der Waals surface area contributed by atoms with Crippen LogP contribution in [0.25, 0.3) is 0 Å². The Morgan fingerprint density at radius 3 is 2.42 bits per heavy atom. The Hall–Kier alpha value is -1.10. The van der Waals surface area contributed by atoms with E-state index in [1.54, 1.807) is 7.05 Å². The number of rotatable bonds is 8. The Balaban J connectivity index is 0.000000861. The fraction of sp³-hybridized carbons (Fsp3) is 0.600. The van der Waals surface area contributed by atoms with Gasteiger partial charge in [-0.05, 0) is 37.8 Å². The molecule has 0 aliphatic heterocycles. The molecule has 1 aromatic rings. The molecule has 4 heteroatoms. The number of hydroxylamine groups is 1. The Bertz CT molecular complexity index is 325. The van der Waals surface area contributed by atoms with Crippen molar-refractivity contribution in [3.63, 3.8) is 0 Å². The number of anilines is 1. The zero-order chi connectivity index (χ0) is 14.0. The van der Waals surface area contributed by atoms with Crippen molar-refractivity contribution in [2.75, 3.05) is 19.1 Å². The Labute approximate surface area is 116 Å². The van der Waals surface area contributed by atoms with Crippen LogP contribution in [-0.2, 0) is 4.84 Å². The lowest BCUT2D eigenvalue weighted by atomic mass is 10.1. The predicted octanol–water partition coefficient (Wildman–Crippen LogP) is 3.09. The Kier molecular flexibility index (Phi) is 7.48. The first-order chi connectivity index (χ1) is 9.35. The summed E-state index contributed by atoms with van der Waals surface area (Å²) in [5, 5.41) is 0. The van der Waals surface area contributed by atoms with E-state index in [-0.39, 0.29) is 5.54 Å². The van der Waals surface area contributed by atoms with Crippen LogP contribution in [0.4, 0.5) is 5.69 Å². The van der Waals surface area contributed by atoms with Crippen molar-refractivity contribution in [3.05, 3.63) is 30.3 Å². The maximum atomic E-state index is 5.12. The molecule has 1 aliphatic rings. The molecule has 1 saturated carbocycles. The number of benzene rings is 1. The van der Waals surface area contributed by atoms with Crippen molar-refractivity contribution in [2.45, 2.75) is 45.1 Å². The van der Waals surface area contributed by atoms with E-state index in [0.29, 0.717) is 0 Å². The van der Waals surface area contributed by atoms with Crippen molar-refractivity contribution < 1.29 is 4.84 Å². The third kappa shape index (κ3) is 6.05. The van der Waals surface area contributed by atoms with Gasteiger partial charge in [-0.1, -0.05) is 32.0 Å². The molecule has 4 nitrogen and oxygen atoms in total. The molecule has 1 aliphatic carbocycles. The van der Waals surface area contributed by atoms with E-state index in [0.717, 1.165) is 25.1 Å². The van der Waals surface area contributed by atoms with Gasteiger partial charge in [0.15, 0.2) is 0 Å². The molecule has 0 unspecified atom stereocenters. The highest BCUT2D eigenvalue weighted by atomic mass is 16.6. The monoisotopic (exact) mass is 265 g/mol. The predicted molar refractivity (Wildman–Crippen MR) is 80.8 cm³/mol. The largest absolute Gasteiger partial charge is 0.321 e.